The average molecular weight is 397 g/mol. The van der Waals surface area contributed by atoms with Crippen molar-refractivity contribution in [2.75, 3.05) is 19.6 Å². The van der Waals surface area contributed by atoms with Crippen molar-refractivity contribution in [3.63, 3.8) is 0 Å². The summed E-state index contributed by atoms with van der Waals surface area (Å²) in [6, 6.07) is 14.1. The summed E-state index contributed by atoms with van der Waals surface area (Å²) in [5.74, 6) is 0.580. The number of carbonyl (C=O) groups excluding carboxylic acids is 1. The van der Waals surface area contributed by atoms with Gasteiger partial charge in [-0.1, -0.05) is 24.3 Å². The van der Waals surface area contributed by atoms with E-state index in [0.717, 1.165) is 49.2 Å². The van der Waals surface area contributed by atoms with Crippen LogP contribution >= 0.6 is 0 Å². The van der Waals surface area contributed by atoms with E-state index < -0.39 is 0 Å². The minimum atomic E-state index is -0.239. The van der Waals surface area contributed by atoms with Crippen LogP contribution in [0.3, 0.4) is 0 Å². The molecule has 1 aliphatic heterocycles. The van der Waals surface area contributed by atoms with Crippen molar-refractivity contribution >= 4 is 11.9 Å². The third kappa shape index (κ3) is 6.31. The monoisotopic (exact) mass is 396 g/mol. The number of guanidine groups is 1. The van der Waals surface area contributed by atoms with Crippen LogP contribution in [0.15, 0.2) is 53.5 Å². The maximum Gasteiger partial charge on any atom is 0.253 e. The second kappa shape index (κ2) is 10.6. The van der Waals surface area contributed by atoms with E-state index in [1.54, 1.807) is 12.1 Å². The molecule has 2 aromatic carbocycles. The van der Waals surface area contributed by atoms with E-state index in [2.05, 4.69) is 15.6 Å². The van der Waals surface area contributed by atoms with Gasteiger partial charge in [-0.3, -0.25) is 4.79 Å². The summed E-state index contributed by atoms with van der Waals surface area (Å²) >= 11 is 0. The summed E-state index contributed by atoms with van der Waals surface area (Å²) in [5, 5.41) is 6.47. The number of amides is 1. The Hall–Kier alpha value is -2.89. The molecule has 0 saturated carbocycles. The van der Waals surface area contributed by atoms with Crippen LogP contribution in [0.4, 0.5) is 4.39 Å². The Balaban J connectivity index is 1.56. The highest BCUT2D eigenvalue weighted by molar-refractivity contribution is 5.94. The number of carbonyl (C=O) groups is 1. The Kier molecular flexibility index (Phi) is 7.61. The summed E-state index contributed by atoms with van der Waals surface area (Å²) in [7, 11) is 0. The molecule has 1 aliphatic rings. The standard InChI is InChI=1S/C23H29FN4O/c1-2-25-23(27-17-19-8-12-21(24)13-9-19)26-16-18-6-10-20(11-7-18)22(29)28-14-4-3-5-15-28/h6-13H,2-5,14-17H2,1H3,(H2,25,26,27). The summed E-state index contributed by atoms with van der Waals surface area (Å²) < 4.78 is 13.0. The van der Waals surface area contributed by atoms with E-state index in [4.69, 9.17) is 0 Å². The molecule has 0 spiro atoms. The summed E-state index contributed by atoms with van der Waals surface area (Å²) in [5.41, 5.74) is 2.76. The van der Waals surface area contributed by atoms with Gasteiger partial charge in [0.25, 0.3) is 5.91 Å². The van der Waals surface area contributed by atoms with Crippen molar-refractivity contribution in [1.82, 2.24) is 15.5 Å². The van der Waals surface area contributed by atoms with Crippen LogP contribution in [0.1, 0.15) is 47.7 Å². The van der Waals surface area contributed by atoms with Gasteiger partial charge in [-0.15, -0.1) is 0 Å². The van der Waals surface area contributed by atoms with Crippen LogP contribution in [0.2, 0.25) is 0 Å². The van der Waals surface area contributed by atoms with Crippen LogP contribution < -0.4 is 10.6 Å². The van der Waals surface area contributed by atoms with Gasteiger partial charge in [0.15, 0.2) is 5.96 Å². The summed E-state index contributed by atoms with van der Waals surface area (Å²) in [4.78, 5) is 19.1. The van der Waals surface area contributed by atoms with Crippen molar-refractivity contribution < 1.29 is 9.18 Å². The van der Waals surface area contributed by atoms with Crippen molar-refractivity contribution in [1.29, 1.82) is 0 Å². The SMILES string of the molecule is CCNC(=NCc1ccc(C(=O)N2CCCCC2)cc1)NCc1ccc(F)cc1. The fourth-order valence-corrected chi connectivity index (χ4v) is 3.33. The average Bonchev–Trinajstić information content (AvgIpc) is 2.77. The first-order valence-electron chi connectivity index (χ1n) is 10.3. The van der Waals surface area contributed by atoms with Crippen LogP contribution in [0.5, 0.6) is 0 Å². The molecule has 154 valence electrons. The Bertz CT molecular complexity index is 812. The van der Waals surface area contributed by atoms with Crippen LogP contribution in [-0.2, 0) is 13.1 Å². The van der Waals surface area contributed by atoms with Crippen LogP contribution in [0.25, 0.3) is 0 Å². The van der Waals surface area contributed by atoms with Gasteiger partial charge >= 0.3 is 0 Å². The van der Waals surface area contributed by atoms with Gasteiger partial charge in [0.2, 0.25) is 0 Å². The maximum atomic E-state index is 13.0. The predicted octanol–water partition coefficient (Wildman–Crippen LogP) is 3.71. The molecule has 2 N–H and O–H groups in total. The first-order valence-corrected chi connectivity index (χ1v) is 10.3. The number of hydrogen-bond donors (Lipinski definition) is 2. The van der Waals surface area contributed by atoms with E-state index in [-0.39, 0.29) is 11.7 Å². The molecule has 0 unspecified atom stereocenters. The largest absolute Gasteiger partial charge is 0.357 e. The van der Waals surface area contributed by atoms with Gasteiger partial charge in [-0.05, 0) is 61.6 Å². The smallest absolute Gasteiger partial charge is 0.253 e. The van der Waals surface area contributed by atoms with Gasteiger partial charge in [0.05, 0.1) is 6.54 Å². The summed E-state index contributed by atoms with van der Waals surface area (Å²) in [6.07, 6.45) is 3.40. The van der Waals surface area contributed by atoms with E-state index in [1.807, 2.05) is 36.1 Å². The number of hydrogen-bond acceptors (Lipinski definition) is 2. The second-order valence-corrected chi connectivity index (χ2v) is 7.22. The quantitative estimate of drug-likeness (QED) is 0.578. The lowest BCUT2D eigenvalue weighted by Gasteiger charge is -2.26. The first kappa shape index (κ1) is 20.8. The minimum absolute atomic E-state index is 0.119. The van der Waals surface area contributed by atoms with Gasteiger partial charge in [-0.25, -0.2) is 9.38 Å². The molecule has 0 bridgehead atoms. The van der Waals surface area contributed by atoms with Crippen molar-refractivity contribution in [3.8, 4) is 0 Å². The Morgan fingerprint density at radius 1 is 0.966 bits per heavy atom. The molecular formula is C23H29FN4O. The molecule has 2 aromatic rings. The third-order valence-electron chi connectivity index (χ3n) is 4.98. The molecule has 6 heteroatoms. The second-order valence-electron chi connectivity index (χ2n) is 7.22. The molecule has 5 nitrogen and oxygen atoms in total. The third-order valence-corrected chi connectivity index (χ3v) is 4.98. The Morgan fingerprint density at radius 2 is 1.62 bits per heavy atom. The predicted molar refractivity (Wildman–Crippen MR) is 114 cm³/mol. The summed E-state index contributed by atoms with van der Waals surface area (Å²) in [6.45, 7) is 5.55. The minimum Gasteiger partial charge on any atom is -0.357 e. The fourth-order valence-electron chi connectivity index (χ4n) is 3.33. The Labute approximate surface area is 172 Å². The molecule has 1 fully saturated rings. The molecule has 1 amide bonds. The number of aliphatic imine (C=N–C) groups is 1. The maximum absolute atomic E-state index is 13.0. The van der Waals surface area contributed by atoms with Crippen LogP contribution in [0, 0.1) is 5.82 Å². The van der Waals surface area contributed by atoms with Crippen molar-refractivity contribution in [2.45, 2.75) is 39.3 Å². The van der Waals surface area contributed by atoms with E-state index in [9.17, 15) is 9.18 Å². The van der Waals surface area contributed by atoms with E-state index in [0.29, 0.717) is 19.0 Å². The number of halogens is 1. The number of nitrogens with one attached hydrogen (secondary N) is 2. The van der Waals surface area contributed by atoms with E-state index >= 15 is 0 Å². The zero-order chi connectivity index (χ0) is 20.5. The number of piperidine rings is 1. The molecule has 0 aromatic heterocycles. The highest BCUT2D eigenvalue weighted by Crippen LogP contribution is 2.14. The van der Waals surface area contributed by atoms with Crippen molar-refractivity contribution in [3.05, 3.63) is 71.0 Å². The topological polar surface area (TPSA) is 56.7 Å². The van der Waals surface area contributed by atoms with Gasteiger partial charge in [0, 0.05) is 31.7 Å². The first-order chi connectivity index (χ1) is 14.2. The molecule has 0 radical (unpaired) electrons. The molecule has 0 atom stereocenters. The highest BCUT2D eigenvalue weighted by Gasteiger charge is 2.17. The molecular weight excluding hydrogens is 367 g/mol. The highest BCUT2D eigenvalue weighted by atomic mass is 19.1. The van der Waals surface area contributed by atoms with Gasteiger partial charge < -0.3 is 15.5 Å². The molecule has 0 aliphatic carbocycles. The van der Waals surface area contributed by atoms with E-state index in [1.165, 1.54) is 18.6 Å². The zero-order valence-electron chi connectivity index (χ0n) is 17.0. The lowest BCUT2D eigenvalue weighted by atomic mass is 10.1. The lowest BCUT2D eigenvalue weighted by Crippen LogP contribution is -2.36. The fraction of sp³-hybridized carbons (Fsp3) is 0.391. The number of likely N-dealkylation sites (tertiary alicyclic amines) is 1. The molecule has 3 rings (SSSR count). The van der Waals surface area contributed by atoms with Crippen molar-refractivity contribution in [2.24, 2.45) is 4.99 Å². The molecule has 1 saturated heterocycles. The number of benzene rings is 2. The number of nitrogens with zero attached hydrogens (tertiary/aromatic N) is 2. The molecule has 29 heavy (non-hydrogen) atoms. The van der Waals surface area contributed by atoms with Crippen LogP contribution in [-0.4, -0.2) is 36.4 Å². The van der Waals surface area contributed by atoms with Gasteiger partial charge in [-0.2, -0.15) is 0 Å². The zero-order valence-corrected chi connectivity index (χ0v) is 17.0. The normalized spacial score (nSPS) is 14.6. The molecule has 1 heterocycles. The Morgan fingerprint density at radius 3 is 2.28 bits per heavy atom. The number of rotatable bonds is 6. The lowest BCUT2D eigenvalue weighted by molar-refractivity contribution is 0.0724. The van der Waals surface area contributed by atoms with Gasteiger partial charge in [0.1, 0.15) is 5.82 Å².